The Morgan fingerprint density at radius 2 is 2.06 bits per heavy atom. The van der Waals surface area contributed by atoms with Crippen molar-refractivity contribution in [2.75, 3.05) is 0 Å². The van der Waals surface area contributed by atoms with E-state index in [0.29, 0.717) is 10.6 Å². The Morgan fingerprint density at radius 3 is 2.65 bits per heavy atom. The molecule has 2 aromatic rings. The molecule has 0 aliphatic carbocycles. The van der Waals surface area contributed by atoms with E-state index in [4.69, 9.17) is 23.2 Å². The van der Waals surface area contributed by atoms with Crippen molar-refractivity contribution in [3.63, 3.8) is 0 Å². The van der Waals surface area contributed by atoms with Crippen LogP contribution in [0.3, 0.4) is 0 Å². The fraction of sp³-hybridized carbons (Fsp3) is 0.167. The molecular formula is C12H8BrCl2FS. The fourth-order valence-corrected chi connectivity index (χ4v) is 3.58. The molecule has 0 aliphatic heterocycles. The molecule has 0 amide bonds. The van der Waals surface area contributed by atoms with Crippen molar-refractivity contribution in [1.82, 2.24) is 0 Å². The lowest BCUT2D eigenvalue weighted by atomic mass is 10.1. The third-order valence-electron chi connectivity index (χ3n) is 2.36. The molecule has 0 N–H and O–H groups in total. The van der Waals surface area contributed by atoms with Gasteiger partial charge in [-0.15, -0.1) is 22.9 Å². The van der Waals surface area contributed by atoms with Crippen molar-refractivity contribution < 1.29 is 4.39 Å². The normalized spacial score (nSPS) is 12.8. The van der Waals surface area contributed by atoms with Gasteiger partial charge in [-0.25, -0.2) is 4.39 Å². The van der Waals surface area contributed by atoms with Crippen LogP contribution in [0.25, 0.3) is 0 Å². The Kier molecular flexibility index (Phi) is 4.14. The second-order valence-electron chi connectivity index (χ2n) is 3.63. The van der Waals surface area contributed by atoms with Crippen molar-refractivity contribution >= 4 is 50.5 Å². The van der Waals surface area contributed by atoms with Gasteiger partial charge in [0.1, 0.15) is 5.82 Å². The maximum Gasteiger partial charge on any atom is 0.128 e. The van der Waals surface area contributed by atoms with Gasteiger partial charge in [0, 0.05) is 15.5 Å². The Labute approximate surface area is 121 Å². The van der Waals surface area contributed by atoms with Crippen LogP contribution >= 0.6 is 50.5 Å². The van der Waals surface area contributed by atoms with Gasteiger partial charge in [-0.3, -0.25) is 0 Å². The Bertz CT molecular complexity index is 534. The van der Waals surface area contributed by atoms with Crippen LogP contribution in [0.4, 0.5) is 4.39 Å². The summed E-state index contributed by atoms with van der Waals surface area (Å²) < 4.78 is 14.7. The monoisotopic (exact) mass is 352 g/mol. The van der Waals surface area contributed by atoms with Gasteiger partial charge >= 0.3 is 0 Å². The number of halogens is 4. The van der Waals surface area contributed by atoms with Gasteiger partial charge in [0.25, 0.3) is 0 Å². The lowest BCUT2D eigenvalue weighted by Gasteiger charge is -2.09. The molecule has 1 atom stereocenters. The first-order valence-corrected chi connectivity index (χ1v) is 7.26. The highest BCUT2D eigenvalue weighted by atomic mass is 79.9. The molecule has 0 fully saturated rings. The van der Waals surface area contributed by atoms with Crippen LogP contribution in [-0.2, 0) is 0 Å². The van der Waals surface area contributed by atoms with Gasteiger partial charge in [-0.2, -0.15) is 0 Å². The van der Waals surface area contributed by atoms with E-state index >= 15 is 0 Å². The molecule has 17 heavy (non-hydrogen) atoms. The largest absolute Gasteiger partial charge is 0.207 e. The molecule has 0 saturated heterocycles. The molecule has 90 valence electrons. The summed E-state index contributed by atoms with van der Waals surface area (Å²) in [5, 5.41) is -0.0249. The van der Waals surface area contributed by atoms with E-state index in [0.717, 1.165) is 14.2 Å². The zero-order valence-electron chi connectivity index (χ0n) is 8.81. The first kappa shape index (κ1) is 13.3. The highest BCUT2D eigenvalue weighted by molar-refractivity contribution is 9.11. The summed E-state index contributed by atoms with van der Waals surface area (Å²) in [6.07, 6.45) is 0. The van der Waals surface area contributed by atoms with Gasteiger partial charge in [-0.1, -0.05) is 11.6 Å². The van der Waals surface area contributed by atoms with Gasteiger partial charge in [0.05, 0.1) is 9.16 Å². The van der Waals surface area contributed by atoms with E-state index in [1.54, 1.807) is 6.07 Å². The van der Waals surface area contributed by atoms with Crippen molar-refractivity contribution in [2.45, 2.75) is 12.3 Å². The van der Waals surface area contributed by atoms with Crippen LogP contribution in [0.15, 0.2) is 28.1 Å². The van der Waals surface area contributed by atoms with Crippen molar-refractivity contribution in [2.24, 2.45) is 0 Å². The molecule has 0 nitrogen and oxygen atoms in total. The minimum Gasteiger partial charge on any atom is -0.207 e. The second kappa shape index (κ2) is 5.27. The molecule has 0 saturated carbocycles. The van der Waals surface area contributed by atoms with E-state index in [2.05, 4.69) is 15.9 Å². The number of hydrogen-bond donors (Lipinski definition) is 0. The molecule has 1 aromatic heterocycles. The van der Waals surface area contributed by atoms with Crippen LogP contribution in [0, 0.1) is 12.7 Å². The number of rotatable bonds is 2. The van der Waals surface area contributed by atoms with E-state index < -0.39 is 5.38 Å². The molecule has 0 aliphatic rings. The first-order valence-electron chi connectivity index (χ1n) is 4.84. The number of thiophene rings is 1. The van der Waals surface area contributed by atoms with Gasteiger partial charge in [0.2, 0.25) is 0 Å². The third-order valence-corrected chi connectivity index (χ3v) is 5.39. The SMILES string of the molecule is Cc1cc(C(Cl)c2cc(Cl)ccc2F)sc1Br. The van der Waals surface area contributed by atoms with Crippen molar-refractivity contribution in [3.05, 3.63) is 54.9 Å². The third kappa shape index (κ3) is 2.84. The molecule has 0 spiro atoms. The van der Waals surface area contributed by atoms with Crippen molar-refractivity contribution in [3.8, 4) is 0 Å². The molecular weight excluding hydrogens is 346 g/mol. The van der Waals surface area contributed by atoms with E-state index in [9.17, 15) is 4.39 Å². The summed E-state index contributed by atoms with van der Waals surface area (Å²) in [6.45, 7) is 1.97. The summed E-state index contributed by atoms with van der Waals surface area (Å²) in [5.41, 5.74) is 1.51. The molecule has 5 heteroatoms. The Hall–Kier alpha value is -0.0900. The maximum atomic E-state index is 13.7. The van der Waals surface area contributed by atoms with Gasteiger partial charge in [0.15, 0.2) is 0 Å². The number of alkyl halides is 1. The zero-order valence-corrected chi connectivity index (χ0v) is 12.7. The Balaban J connectivity index is 2.42. The van der Waals surface area contributed by atoms with Gasteiger partial charge < -0.3 is 0 Å². The highest BCUT2D eigenvalue weighted by Crippen LogP contribution is 2.39. The predicted octanol–water partition coefficient (Wildman–Crippen LogP) is 5.94. The topological polar surface area (TPSA) is 0 Å². The quantitative estimate of drug-likeness (QED) is 0.586. The highest BCUT2D eigenvalue weighted by Gasteiger charge is 2.18. The summed E-state index contributed by atoms with van der Waals surface area (Å²) in [4.78, 5) is 0.900. The van der Waals surface area contributed by atoms with E-state index in [-0.39, 0.29) is 5.82 Å². The smallest absolute Gasteiger partial charge is 0.128 e. The molecule has 1 unspecified atom stereocenters. The lowest BCUT2D eigenvalue weighted by Crippen LogP contribution is -1.94. The molecule has 1 heterocycles. The zero-order chi connectivity index (χ0) is 12.6. The van der Waals surface area contributed by atoms with Crippen LogP contribution in [0.5, 0.6) is 0 Å². The predicted molar refractivity (Wildman–Crippen MR) is 75.9 cm³/mol. The molecule has 0 bridgehead atoms. The molecule has 1 aromatic carbocycles. The summed E-state index contributed by atoms with van der Waals surface area (Å²) in [7, 11) is 0. The number of benzene rings is 1. The maximum absolute atomic E-state index is 13.7. The average Bonchev–Trinajstić information content (AvgIpc) is 2.62. The van der Waals surface area contributed by atoms with E-state index in [1.165, 1.54) is 23.5 Å². The first-order chi connectivity index (χ1) is 7.99. The minimum absolute atomic E-state index is 0.337. The summed E-state index contributed by atoms with van der Waals surface area (Å²) >= 11 is 17.1. The van der Waals surface area contributed by atoms with E-state index in [1.807, 2.05) is 13.0 Å². The second-order valence-corrected chi connectivity index (χ2v) is 6.91. The van der Waals surface area contributed by atoms with Crippen LogP contribution in [0.2, 0.25) is 5.02 Å². The van der Waals surface area contributed by atoms with Crippen LogP contribution in [-0.4, -0.2) is 0 Å². The minimum atomic E-state index is -0.510. The average molecular weight is 354 g/mol. The summed E-state index contributed by atoms with van der Waals surface area (Å²) in [5.74, 6) is -0.337. The van der Waals surface area contributed by atoms with Crippen LogP contribution in [0.1, 0.15) is 21.4 Å². The van der Waals surface area contributed by atoms with Gasteiger partial charge in [-0.05, 0) is 52.7 Å². The summed E-state index contributed by atoms with van der Waals surface area (Å²) in [6, 6.07) is 6.37. The standard InChI is InChI=1S/C12H8BrCl2FS/c1-6-4-10(17-12(6)13)11(15)8-5-7(14)2-3-9(8)16/h2-5,11H,1H3. The molecule has 0 radical (unpaired) electrons. The Morgan fingerprint density at radius 1 is 1.35 bits per heavy atom. The van der Waals surface area contributed by atoms with Crippen LogP contribution < -0.4 is 0 Å². The number of aryl methyl sites for hydroxylation is 1. The molecule has 2 rings (SSSR count). The fourth-order valence-electron chi connectivity index (χ4n) is 1.47. The number of hydrogen-bond acceptors (Lipinski definition) is 1. The lowest BCUT2D eigenvalue weighted by molar-refractivity contribution is 0.613. The van der Waals surface area contributed by atoms with Crippen molar-refractivity contribution in [1.29, 1.82) is 0 Å².